The molecule has 0 saturated carbocycles. The van der Waals surface area contributed by atoms with E-state index in [9.17, 15) is 18.7 Å². The first-order valence-electron chi connectivity index (χ1n) is 7.45. The van der Waals surface area contributed by atoms with Crippen molar-refractivity contribution >= 4 is 11.5 Å². The maximum atomic E-state index is 13.1. The van der Waals surface area contributed by atoms with E-state index in [1.807, 2.05) is 6.07 Å². The SMILES string of the molecule is CC(=O)c1ccc(C#N)cc1NCC(O)COc1ccc(F)c(F)c1. The molecule has 0 fully saturated rings. The molecule has 130 valence electrons. The van der Waals surface area contributed by atoms with Crippen LogP contribution in [0.4, 0.5) is 14.5 Å². The Bertz CT molecular complexity index is 818. The number of Topliss-reactive ketones (excluding diaryl/α,β-unsaturated/α-hetero) is 1. The first kappa shape index (κ1) is 18.4. The van der Waals surface area contributed by atoms with Gasteiger partial charge in [0.2, 0.25) is 0 Å². The molecule has 2 aromatic carbocycles. The highest BCUT2D eigenvalue weighted by Gasteiger charge is 2.11. The summed E-state index contributed by atoms with van der Waals surface area (Å²) in [5.41, 5.74) is 1.20. The molecule has 0 aliphatic carbocycles. The third-order valence-electron chi connectivity index (χ3n) is 3.39. The van der Waals surface area contributed by atoms with Crippen molar-refractivity contribution in [3.8, 4) is 11.8 Å². The number of carbonyl (C=O) groups excluding carboxylic acids is 1. The molecule has 0 radical (unpaired) electrons. The number of rotatable bonds is 7. The van der Waals surface area contributed by atoms with E-state index in [2.05, 4.69) is 5.32 Å². The lowest BCUT2D eigenvalue weighted by molar-refractivity contribution is 0.101. The van der Waals surface area contributed by atoms with Crippen LogP contribution in [0.5, 0.6) is 5.75 Å². The van der Waals surface area contributed by atoms with Crippen molar-refractivity contribution in [2.45, 2.75) is 13.0 Å². The highest BCUT2D eigenvalue weighted by molar-refractivity contribution is 5.99. The highest BCUT2D eigenvalue weighted by Crippen LogP contribution is 2.19. The van der Waals surface area contributed by atoms with Gasteiger partial charge in [-0.3, -0.25) is 4.79 Å². The van der Waals surface area contributed by atoms with Crippen LogP contribution in [0.1, 0.15) is 22.8 Å². The zero-order valence-electron chi connectivity index (χ0n) is 13.4. The van der Waals surface area contributed by atoms with E-state index in [0.29, 0.717) is 16.8 Å². The molecule has 2 aromatic rings. The van der Waals surface area contributed by atoms with Gasteiger partial charge in [0.15, 0.2) is 17.4 Å². The predicted molar refractivity (Wildman–Crippen MR) is 87.5 cm³/mol. The number of nitrogens with zero attached hydrogens (tertiary/aromatic N) is 1. The van der Waals surface area contributed by atoms with Gasteiger partial charge in [0.25, 0.3) is 0 Å². The molecule has 0 aliphatic heterocycles. The quantitative estimate of drug-likeness (QED) is 0.754. The number of carbonyl (C=O) groups is 1. The third-order valence-corrected chi connectivity index (χ3v) is 3.39. The monoisotopic (exact) mass is 346 g/mol. The molecule has 0 aromatic heterocycles. The van der Waals surface area contributed by atoms with Crippen LogP contribution in [0.3, 0.4) is 0 Å². The standard InChI is InChI=1S/C18H16F2N2O3/c1-11(23)15-4-2-12(8-21)6-18(15)22-9-13(24)10-25-14-3-5-16(19)17(20)7-14/h2-7,13,22,24H,9-10H2,1H3. The number of benzene rings is 2. The number of halogens is 2. The lowest BCUT2D eigenvalue weighted by Gasteiger charge is -2.16. The van der Waals surface area contributed by atoms with E-state index in [1.54, 1.807) is 0 Å². The topological polar surface area (TPSA) is 82.4 Å². The summed E-state index contributed by atoms with van der Waals surface area (Å²) in [5.74, 6) is -2.11. The summed E-state index contributed by atoms with van der Waals surface area (Å²) < 4.78 is 31.1. The fourth-order valence-corrected chi connectivity index (χ4v) is 2.11. The van der Waals surface area contributed by atoms with Crippen molar-refractivity contribution in [3.05, 3.63) is 59.2 Å². The Kier molecular flexibility index (Phi) is 6.03. The Morgan fingerprint density at radius 3 is 2.68 bits per heavy atom. The molecule has 0 spiro atoms. The number of aliphatic hydroxyl groups excluding tert-OH is 1. The largest absolute Gasteiger partial charge is 0.491 e. The molecule has 25 heavy (non-hydrogen) atoms. The molecule has 0 saturated heterocycles. The van der Waals surface area contributed by atoms with Gasteiger partial charge in [-0.15, -0.1) is 0 Å². The molecule has 0 amide bonds. The van der Waals surface area contributed by atoms with Crippen molar-refractivity contribution in [1.29, 1.82) is 5.26 Å². The van der Waals surface area contributed by atoms with Crippen molar-refractivity contribution in [3.63, 3.8) is 0 Å². The first-order chi connectivity index (χ1) is 11.9. The van der Waals surface area contributed by atoms with E-state index in [0.717, 1.165) is 12.1 Å². The average Bonchev–Trinajstić information content (AvgIpc) is 2.60. The van der Waals surface area contributed by atoms with E-state index in [4.69, 9.17) is 10.00 Å². The molecule has 1 atom stereocenters. The van der Waals surface area contributed by atoms with Crippen LogP contribution < -0.4 is 10.1 Å². The van der Waals surface area contributed by atoms with Crippen LogP contribution in [-0.4, -0.2) is 30.1 Å². The smallest absolute Gasteiger partial charge is 0.162 e. The Hall–Kier alpha value is -2.98. The summed E-state index contributed by atoms with van der Waals surface area (Å²) in [7, 11) is 0. The summed E-state index contributed by atoms with van der Waals surface area (Å²) in [6.45, 7) is 1.28. The lowest BCUT2D eigenvalue weighted by atomic mass is 10.1. The summed E-state index contributed by atoms with van der Waals surface area (Å²) in [6, 6.07) is 9.63. The molecular weight excluding hydrogens is 330 g/mol. The molecule has 5 nitrogen and oxygen atoms in total. The van der Waals surface area contributed by atoms with E-state index >= 15 is 0 Å². The maximum absolute atomic E-state index is 13.1. The first-order valence-corrected chi connectivity index (χ1v) is 7.45. The normalized spacial score (nSPS) is 11.5. The second-order valence-corrected chi connectivity index (χ2v) is 5.35. The Labute approximate surface area is 143 Å². The van der Waals surface area contributed by atoms with Crippen molar-refractivity contribution in [1.82, 2.24) is 0 Å². The van der Waals surface area contributed by atoms with Gasteiger partial charge in [0.1, 0.15) is 18.5 Å². The molecule has 2 N–H and O–H groups in total. The van der Waals surface area contributed by atoms with Gasteiger partial charge in [0, 0.05) is 23.9 Å². The number of ether oxygens (including phenoxy) is 1. The van der Waals surface area contributed by atoms with E-state index in [1.165, 1.54) is 31.2 Å². The molecule has 1 unspecified atom stereocenters. The lowest BCUT2D eigenvalue weighted by Crippen LogP contribution is -2.27. The number of ketones is 1. The number of aliphatic hydroxyl groups is 1. The Morgan fingerprint density at radius 1 is 1.28 bits per heavy atom. The second-order valence-electron chi connectivity index (χ2n) is 5.35. The molecule has 2 rings (SSSR count). The van der Waals surface area contributed by atoms with Crippen molar-refractivity contribution in [2.75, 3.05) is 18.5 Å². The number of nitriles is 1. The minimum absolute atomic E-state index is 0.0405. The summed E-state index contributed by atoms with van der Waals surface area (Å²) in [4.78, 5) is 11.6. The molecule has 7 heteroatoms. The molecule has 0 bridgehead atoms. The van der Waals surface area contributed by atoms with Crippen LogP contribution in [0.2, 0.25) is 0 Å². The Balaban J connectivity index is 1.95. The van der Waals surface area contributed by atoms with Crippen molar-refractivity contribution in [2.24, 2.45) is 0 Å². The number of hydrogen-bond donors (Lipinski definition) is 2. The molecular formula is C18H16F2N2O3. The summed E-state index contributed by atoms with van der Waals surface area (Å²) >= 11 is 0. The van der Waals surface area contributed by atoms with Gasteiger partial charge in [-0.1, -0.05) is 0 Å². The maximum Gasteiger partial charge on any atom is 0.162 e. The van der Waals surface area contributed by atoms with Crippen LogP contribution in [-0.2, 0) is 0 Å². The number of hydrogen-bond acceptors (Lipinski definition) is 5. The third kappa shape index (κ3) is 4.99. The molecule has 0 heterocycles. The average molecular weight is 346 g/mol. The summed E-state index contributed by atoms with van der Waals surface area (Å²) in [5, 5.41) is 21.8. The van der Waals surface area contributed by atoms with Gasteiger partial charge >= 0.3 is 0 Å². The Morgan fingerprint density at radius 2 is 2.04 bits per heavy atom. The van der Waals surface area contributed by atoms with Gasteiger partial charge < -0.3 is 15.2 Å². The fraction of sp³-hybridized carbons (Fsp3) is 0.222. The predicted octanol–water partition coefficient (Wildman–Crippen LogP) is 2.89. The second kappa shape index (κ2) is 8.22. The molecule has 0 aliphatic rings. The highest BCUT2D eigenvalue weighted by atomic mass is 19.2. The van der Waals surface area contributed by atoms with Gasteiger partial charge in [0.05, 0.1) is 11.6 Å². The fourth-order valence-electron chi connectivity index (χ4n) is 2.11. The minimum atomic E-state index is -1.04. The van der Waals surface area contributed by atoms with Gasteiger partial charge in [-0.25, -0.2) is 8.78 Å². The van der Waals surface area contributed by atoms with E-state index < -0.39 is 17.7 Å². The van der Waals surface area contributed by atoms with Crippen LogP contribution >= 0.6 is 0 Å². The van der Waals surface area contributed by atoms with Crippen molar-refractivity contribution < 1.29 is 23.4 Å². The van der Waals surface area contributed by atoms with Crippen LogP contribution in [0.15, 0.2) is 36.4 Å². The van der Waals surface area contributed by atoms with Crippen LogP contribution in [0.25, 0.3) is 0 Å². The number of anilines is 1. The number of nitrogens with one attached hydrogen (secondary N) is 1. The zero-order chi connectivity index (χ0) is 18.4. The van der Waals surface area contributed by atoms with E-state index in [-0.39, 0.29) is 24.7 Å². The van der Waals surface area contributed by atoms with Gasteiger partial charge in [-0.05, 0) is 37.3 Å². The minimum Gasteiger partial charge on any atom is -0.491 e. The van der Waals surface area contributed by atoms with Gasteiger partial charge in [-0.2, -0.15) is 5.26 Å². The summed E-state index contributed by atoms with van der Waals surface area (Å²) in [6.07, 6.45) is -0.973. The van der Waals surface area contributed by atoms with Crippen LogP contribution in [0, 0.1) is 23.0 Å². The zero-order valence-corrected chi connectivity index (χ0v) is 13.4.